The van der Waals surface area contributed by atoms with Crippen molar-refractivity contribution in [2.75, 3.05) is 12.4 Å². The smallest absolute Gasteiger partial charge is 0.337 e. The molecule has 0 spiro atoms. The van der Waals surface area contributed by atoms with E-state index in [4.69, 9.17) is 0 Å². The van der Waals surface area contributed by atoms with Crippen LogP contribution in [0, 0.1) is 23.7 Å². The molecule has 1 amide bonds. The Bertz CT molecular complexity index is 679. The number of anilines is 1. The highest BCUT2D eigenvalue weighted by Gasteiger charge is 2.51. The minimum atomic E-state index is -0.928. The summed E-state index contributed by atoms with van der Waals surface area (Å²) in [5.41, 5.74) is 0.912. The van der Waals surface area contributed by atoms with Gasteiger partial charge >= 0.3 is 11.9 Å². The van der Waals surface area contributed by atoms with Crippen LogP contribution in [0.3, 0.4) is 0 Å². The van der Waals surface area contributed by atoms with Gasteiger partial charge in [-0.3, -0.25) is 9.59 Å². The molecular weight excluding hydrogens is 298 g/mol. The number of carbonyl (C=O) groups excluding carboxylic acids is 2. The van der Waals surface area contributed by atoms with Crippen LogP contribution in [-0.2, 0) is 14.3 Å². The number of hydrogen-bond donors (Lipinski definition) is 2. The minimum absolute atomic E-state index is 0.0181. The lowest BCUT2D eigenvalue weighted by Gasteiger charge is -2.23. The Balaban J connectivity index is 1.73. The van der Waals surface area contributed by atoms with Gasteiger partial charge in [-0.2, -0.15) is 0 Å². The summed E-state index contributed by atoms with van der Waals surface area (Å²) in [6.45, 7) is 0. The lowest BCUT2D eigenvalue weighted by Crippen LogP contribution is -2.36. The van der Waals surface area contributed by atoms with Crippen LogP contribution >= 0.6 is 0 Å². The molecular formula is C17H17NO5. The van der Waals surface area contributed by atoms with Crippen LogP contribution in [0.15, 0.2) is 36.4 Å². The highest BCUT2D eigenvalue weighted by atomic mass is 16.5. The molecule has 1 saturated carbocycles. The predicted molar refractivity (Wildman–Crippen MR) is 81.8 cm³/mol. The molecule has 4 atom stereocenters. The highest BCUT2D eigenvalue weighted by Crippen LogP contribution is 2.48. The molecule has 3 rings (SSSR count). The molecule has 2 aliphatic rings. The van der Waals surface area contributed by atoms with Gasteiger partial charge in [-0.1, -0.05) is 12.2 Å². The monoisotopic (exact) mass is 315 g/mol. The summed E-state index contributed by atoms with van der Waals surface area (Å²) in [6.07, 6.45) is 4.56. The van der Waals surface area contributed by atoms with Crippen molar-refractivity contribution < 1.29 is 24.2 Å². The van der Waals surface area contributed by atoms with Crippen molar-refractivity contribution in [1.82, 2.24) is 0 Å². The Hall–Kier alpha value is -2.63. The van der Waals surface area contributed by atoms with E-state index in [1.165, 1.54) is 7.11 Å². The molecule has 2 N–H and O–H groups in total. The molecule has 0 unspecified atom stereocenters. The van der Waals surface area contributed by atoms with Crippen molar-refractivity contribution in [2.24, 2.45) is 23.7 Å². The van der Waals surface area contributed by atoms with Crippen molar-refractivity contribution in [3.05, 3.63) is 42.0 Å². The number of rotatable bonds is 4. The number of ether oxygens (including phenoxy) is 1. The van der Waals surface area contributed by atoms with E-state index in [1.807, 2.05) is 12.2 Å². The van der Waals surface area contributed by atoms with E-state index >= 15 is 0 Å². The molecule has 0 radical (unpaired) electrons. The molecule has 0 aromatic heterocycles. The van der Waals surface area contributed by atoms with Gasteiger partial charge in [-0.25, -0.2) is 4.79 Å². The van der Waals surface area contributed by atoms with E-state index in [1.54, 1.807) is 24.3 Å². The summed E-state index contributed by atoms with van der Waals surface area (Å²) in [5.74, 6) is -2.97. The molecule has 0 heterocycles. The molecule has 0 saturated heterocycles. The summed E-state index contributed by atoms with van der Waals surface area (Å²) >= 11 is 0. The van der Waals surface area contributed by atoms with Crippen molar-refractivity contribution >= 4 is 23.5 Å². The van der Waals surface area contributed by atoms with Crippen molar-refractivity contribution in [3.8, 4) is 0 Å². The van der Waals surface area contributed by atoms with E-state index in [2.05, 4.69) is 10.1 Å². The number of benzene rings is 1. The van der Waals surface area contributed by atoms with Crippen LogP contribution in [0.25, 0.3) is 0 Å². The topological polar surface area (TPSA) is 92.7 Å². The molecule has 23 heavy (non-hydrogen) atoms. The average Bonchev–Trinajstić information content (AvgIpc) is 3.15. The summed E-state index contributed by atoms with van der Waals surface area (Å²) < 4.78 is 4.61. The molecule has 2 bridgehead atoms. The van der Waals surface area contributed by atoms with Crippen LogP contribution in [0.1, 0.15) is 16.8 Å². The van der Waals surface area contributed by atoms with E-state index in [9.17, 15) is 19.5 Å². The second kappa shape index (κ2) is 5.87. The van der Waals surface area contributed by atoms with E-state index in [-0.39, 0.29) is 17.7 Å². The number of aliphatic carboxylic acids is 1. The molecule has 120 valence electrons. The van der Waals surface area contributed by atoms with Gasteiger partial charge in [0, 0.05) is 5.69 Å². The first-order valence-corrected chi connectivity index (χ1v) is 7.41. The third kappa shape index (κ3) is 2.72. The number of esters is 1. The molecule has 2 aliphatic carbocycles. The van der Waals surface area contributed by atoms with Gasteiger partial charge in [0.15, 0.2) is 0 Å². The zero-order chi connectivity index (χ0) is 16.6. The van der Waals surface area contributed by atoms with Crippen LogP contribution in [-0.4, -0.2) is 30.1 Å². The van der Waals surface area contributed by atoms with E-state index < -0.39 is 23.8 Å². The number of allylic oxidation sites excluding steroid dienone is 2. The van der Waals surface area contributed by atoms with E-state index in [0.717, 1.165) is 6.42 Å². The van der Waals surface area contributed by atoms with Crippen molar-refractivity contribution in [1.29, 1.82) is 0 Å². The van der Waals surface area contributed by atoms with Gasteiger partial charge in [-0.15, -0.1) is 0 Å². The SMILES string of the molecule is COC(=O)c1ccc(NC(=O)[C@@H]2[C@@H](C(=O)O)[C@@H]3C=C[C@@H]2C3)cc1. The summed E-state index contributed by atoms with van der Waals surface area (Å²) in [5, 5.41) is 12.1. The van der Waals surface area contributed by atoms with Gasteiger partial charge in [0.25, 0.3) is 0 Å². The molecule has 1 aromatic rings. The third-order valence-electron chi connectivity index (χ3n) is 4.62. The molecule has 6 heteroatoms. The Kier molecular flexibility index (Phi) is 3.90. The second-order valence-electron chi connectivity index (χ2n) is 5.90. The maximum Gasteiger partial charge on any atom is 0.337 e. The highest BCUT2D eigenvalue weighted by molar-refractivity contribution is 5.97. The molecule has 1 fully saturated rings. The number of methoxy groups -OCH3 is 1. The summed E-state index contributed by atoms with van der Waals surface area (Å²) in [7, 11) is 1.30. The minimum Gasteiger partial charge on any atom is -0.481 e. The van der Waals surface area contributed by atoms with Gasteiger partial charge in [-0.05, 0) is 42.5 Å². The number of carboxylic acid groups (broad SMARTS) is 1. The first kappa shape index (κ1) is 15.3. The molecule has 1 aromatic carbocycles. The van der Waals surface area contributed by atoms with Gasteiger partial charge in [0.1, 0.15) is 0 Å². The maximum absolute atomic E-state index is 12.5. The number of nitrogens with one attached hydrogen (secondary N) is 1. The predicted octanol–water partition coefficient (Wildman–Crippen LogP) is 1.93. The standard InChI is InChI=1S/C17H17NO5/c1-23-17(22)9-4-6-12(7-5-9)18-15(19)13-10-2-3-11(8-10)14(13)16(20)21/h2-7,10-11,13-14H,8H2,1H3,(H,18,19)(H,20,21)/t10-,11-,13+,14+/m1/s1. The van der Waals surface area contributed by atoms with Gasteiger partial charge in [0.05, 0.1) is 24.5 Å². The Morgan fingerprint density at radius 1 is 1.09 bits per heavy atom. The number of carboxylic acids is 1. The van der Waals surface area contributed by atoms with Crippen LogP contribution in [0.2, 0.25) is 0 Å². The van der Waals surface area contributed by atoms with Crippen LogP contribution < -0.4 is 5.32 Å². The number of fused-ring (bicyclic) bond motifs is 2. The van der Waals surface area contributed by atoms with Gasteiger partial charge in [0.2, 0.25) is 5.91 Å². The van der Waals surface area contributed by atoms with Crippen LogP contribution in [0.5, 0.6) is 0 Å². The number of hydrogen-bond acceptors (Lipinski definition) is 4. The third-order valence-corrected chi connectivity index (χ3v) is 4.62. The number of amides is 1. The lowest BCUT2D eigenvalue weighted by molar-refractivity contribution is -0.146. The second-order valence-corrected chi connectivity index (χ2v) is 5.90. The van der Waals surface area contributed by atoms with E-state index in [0.29, 0.717) is 11.3 Å². The fraction of sp³-hybridized carbons (Fsp3) is 0.353. The van der Waals surface area contributed by atoms with Gasteiger partial charge < -0.3 is 15.2 Å². The Morgan fingerprint density at radius 3 is 2.26 bits per heavy atom. The lowest BCUT2D eigenvalue weighted by atomic mass is 9.82. The maximum atomic E-state index is 12.5. The summed E-state index contributed by atoms with van der Waals surface area (Å²) in [4.78, 5) is 35.3. The summed E-state index contributed by atoms with van der Waals surface area (Å²) in [6, 6.07) is 6.31. The van der Waals surface area contributed by atoms with Crippen LogP contribution in [0.4, 0.5) is 5.69 Å². The zero-order valence-corrected chi connectivity index (χ0v) is 12.6. The molecule has 6 nitrogen and oxygen atoms in total. The fourth-order valence-electron chi connectivity index (χ4n) is 3.55. The Labute approximate surface area is 133 Å². The first-order chi connectivity index (χ1) is 11.0. The van der Waals surface area contributed by atoms with Crippen molar-refractivity contribution in [2.45, 2.75) is 6.42 Å². The molecule has 0 aliphatic heterocycles. The first-order valence-electron chi connectivity index (χ1n) is 7.41. The Morgan fingerprint density at radius 2 is 1.70 bits per heavy atom. The van der Waals surface area contributed by atoms with Crippen molar-refractivity contribution in [3.63, 3.8) is 0 Å². The largest absolute Gasteiger partial charge is 0.481 e. The quantitative estimate of drug-likeness (QED) is 0.654. The zero-order valence-electron chi connectivity index (χ0n) is 12.6. The number of carbonyl (C=O) groups is 3. The average molecular weight is 315 g/mol. The normalized spacial score (nSPS) is 27.7. The fourth-order valence-corrected chi connectivity index (χ4v) is 3.55.